The smallest absolute Gasteiger partial charge is 0.407 e. The number of allylic oxidation sites excluding steroid dienone is 2. The van der Waals surface area contributed by atoms with Gasteiger partial charge in [-0.3, -0.25) is 9.59 Å². The number of rotatable bonds is 16. The van der Waals surface area contributed by atoms with Crippen molar-refractivity contribution in [3.63, 3.8) is 0 Å². The van der Waals surface area contributed by atoms with Crippen LogP contribution in [0.15, 0.2) is 73.8 Å². The van der Waals surface area contributed by atoms with Gasteiger partial charge in [0, 0.05) is 18.9 Å². The van der Waals surface area contributed by atoms with Crippen LogP contribution in [0.25, 0.3) is 11.1 Å². The van der Waals surface area contributed by atoms with Crippen LogP contribution in [-0.2, 0) is 23.9 Å². The molecule has 10 nitrogen and oxygen atoms in total. The lowest BCUT2D eigenvalue weighted by atomic mass is 9.95. The van der Waals surface area contributed by atoms with Gasteiger partial charge in [-0.2, -0.15) is 0 Å². The Morgan fingerprint density at radius 3 is 2.24 bits per heavy atom. The first-order valence-electron chi connectivity index (χ1n) is 17.5. The van der Waals surface area contributed by atoms with Gasteiger partial charge >= 0.3 is 12.1 Å². The number of ether oxygens (including phenoxy) is 2. The fourth-order valence-electron chi connectivity index (χ4n) is 7.55. The Kier molecular flexibility index (Phi) is 12.3. The first-order valence-corrected chi connectivity index (χ1v) is 17.5. The van der Waals surface area contributed by atoms with Gasteiger partial charge in [-0.05, 0) is 67.2 Å². The van der Waals surface area contributed by atoms with Crippen molar-refractivity contribution < 1.29 is 33.8 Å². The number of nitrogens with one attached hydrogen (secondary N) is 2. The second kappa shape index (κ2) is 16.8. The third-order valence-corrected chi connectivity index (χ3v) is 10.2. The number of carbonyl (C=O) groups is 4. The van der Waals surface area contributed by atoms with Gasteiger partial charge in [0.2, 0.25) is 11.8 Å². The van der Waals surface area contributed by atoms with Gasteiger partial charge in [-0.1, -0.05) is 73.5 Å². The Morgan fingerprint density at radius 2 is 1.61 bits per heavy atom. The van der Waals surface area contributed by atoms with Crippen LogP contribution in [0.4, 0.5) is 4.79 Å². The summed E-state index contributed by atoms with van der Waals surface area (Å²) in [4.78, 5) is 54.7. The van der Waals surface area contributed by atoms with Crippen LogP contribution in [0.2, 0.25) is 0 Å². The number of alkyl carbamates (subject to hydrolysis) is 1. The Bertz CT molecular complexity index is 1470. The van der Waals surface area contributed by atoms with Gasteiger partial charge in [-0.25, -0.2) is 9.59 Å². The number of hydrogen-bond acceptors (Lipinski definition) is 7. The van der Waals surface area contributed by atoms with E-state index in [1.165, 1.54) is 0 Å². The molecule has 5 rings (SSSR count). The number of likely N-dealkylation sites (tertiary alicyclic amines) is 1. The molecule has 2 fully saturated rings. The SMILES string of the molecule is C=CCCC(NC(=O)OCC1c2ccccc2-c2ccccc21)C(=O)OCC1CCCN1C(=O)C(CC=C)CC(=O)NC1(CO)CCCC1. The number of carbonyl (C=O) groups excluding carboxylic acids is 4. The van der Waals surface area contributed by atoms with Gasteiger partial charge < -0.3 is 30.1 Å². The molecule has 262 valence electrons. The van der Waals surface area contributed by atoms with E-state index >= 15 is 0 Å². The summed E-state index contributed by atoms with van der Waals surface area (Å²) in [7, 11) is 0. The number of amides is 3. The molecule has 0 aromatic heterocycles. The highest BCUT2D eigenvalue weighted by Crippen LogP contribution is 2.44. The number of aliphatic hydroxyl groups excluding tert-OH is 1. The summed E-state index contributed by atoms with van der Waals surface area (Å²) in [5, 5.41) is 15.6. The molecule has 2 aromatic rings. The quantitative estimate of drug-likeness (QED) is 0.161. The maximum Gasteiger partial charge on any atom is 0.407 e. The number of hydrogen-bond donors (Lipinski definition) is 3. The van der Waals surface area contributed by atoms with Crippen LogP contribution in [-0.4, -0.2) is 77.9 Å². The van der Waals surface area contributed by atoms with Gasteiger partial charge in [0.05, 0.1) is 24.1 Å². The van der Waals surface area contributed by atoms with E-state index in [9.17, 15) is 24.3 Å². The molecule has 1 saturated carbocycles. The van der Waals surface area contributed by atoms with Crippen molar-refractivity contribution in [3.05, 3.63) is 85.0 Å². The van der Waals surface area contributed by atoms with E-state index in [4.69, 9.17) is 9.47 Å². The molecule has 1 saturated heterocycles. The van der Waals surface area contributed by atoms with Crippen LogP contribution < -0.4 is 10.6 Å². The van der Waals surface area contributed by atoms with E-state index in [1.54, 1.807) is 17.1 Å². The number of nitrogens with zero attached hydrogens (tertiary/aromatic N) is 1. The fraction of sp³-hybridized carbons (Fsp3) is 0.487. The standard InChI is InChI=1S/C39H49N3O7/c1-3-5-19-34(40-38(47)49-25-33-31-17-8-6-15-29(31)30-16-7-9-18-32(30)33)37(46)48-24-28-14-12-22-42(28)36(45)27(13-4-2)23-35(44)41-39(26-43)20-10-11-21-39/h3-4,6-9,15-18,27-28,33-34,43H,1-2,5,10-14,19-26H2,(H,40,47)(H,41,44). The van der Waals surface area contributed by atoms with Crippen molar-refractivity contribution >= 4 is 23.9 Å². The minimum absolute atomic E-state index is 0.0106. The normalized spacial score (nSPS) is 18.9. The van der Waals surface area contributed by atoms with E-state index in [0.717, 1.165) is 54.4 Å². The molecule has 1 aliphatic heterocycles. The van der Waals surface area contributed by atoms with E-state index in [0.29, 0.717) is 25.8 Å². The first kappa shape index (κ1) is 35.9. The van der Waals surface area contributed by atoms with E-state index in [-0.39, 0.29) is 56.4 Å². The average Bonchev–Trinajstić information content (AvgIpc) is 3.86. The third-order valence-electron chi connectivity index (χ3n) is 10.2. The predicted molar refractivity (Wildman–Crippen MR) is 186 cm³/mol. The van der Waals surface area contributed by atoms with Crippen LogP contribution >= 0.6 is 0 Å². The highest BCUT2D eigenvalue weighted by atomic mass is 16.6. The number of fused-ring (bicyclic) bond motifs is 3. The van der Waals surface area contributed by atoms with E-state index in [2.05, 4.69) is 35.9 Å². The zero-order chi connectivity index (χ0) is 34.8. The second-order valence-corrected chi connectivity index (χ2v) is 13.5. The number of esters is 1. The lowest BCUT2D eigenvalue weighted by Crippen LogP contribution is -2.50. The molecule has 0 spiro atoms. The van der Waals surface area contributed by atoms with Crippen LogP contribution in [0.1, 0.15) is 81.3 Å². The maximum atomic E-state index is 13.7. The molecule has 49 heavy (non-hydrogen) atoms. The molecule has 3 aliphatic rings. The van der Waals surface area contributed by atoms with Crippen molar-refractivity contribution in [3.8, 4) is 11.1 Å². The largest absolute Gasteiger partial charge is 0.462 e. The zero-order valence-electron chi connectivity index (χ0n) is 28.2. The van der Waals surface area contributed by atoms with Crippen molar-refractivity contribution in [2.75, 3.05) is 26.4 Å². The molecule has 1 heterocycles. The van der Waals surface area contributed by atoms with E-state index < -0.39 is 29.6 Å². The van der Waals surface area contributed by atoms with Crippen molar-refractivity contribution in [1.82, 2.24) is 15.5 Å². The third kappa shape index (κ3) is 8.60. The summed E-state index contributed by atoms with van der Waals surface area (Å²) >= 11 is 0. The summed E-state index contributed by atoms with van der Waals surface area (Å²) < 4.78 is 11.4. The molecule has 0 radical (unpaired) electrons. The highest BCUT2D eigenvalue weighted by Gasteiger charge is 2.38. The molecule has 3 atom stereocenters. The molecule has 0 bridgehead atoms. The molecule has 2 aromatic carbocycles. The van der Waals surface area contributed by atoms with Gasteiger partial charge in [0.1, 0.15) is 19.3 Å². The van der Waals surface area contributed by atoms with Crippen LogP contribution in [0.5, 0.6) is 0 Å². The Balaban J connectivity index is 1.15. The number of benzene rings is 2. The van der Waals surface area contributed by atoms with Crippen molar-refractivity contribution in [2.45, 2.75) is 87.7 Å². The minimum atomic E-state index is -0.953. The molecule has 10 heteroatoms. The van der Waals surface area contributed by atoms with Crippen LogP contribution in [0.3, 0.4) is 0 Å². The van der Waals surface area contributed by atoms with E-state index in [1.807, 2.05) is 36.4 Å². The summed E-state index contributed by atoms with van der Waals surface area (Å²) in [6.07, 6.45) is 8.39. The van der Waals surface area contributed by atoms with Gasteiger partial charge in [-0.15, -0.1) is 13.2 Å². The van der Waals surface area contributed by atoms with Crippen LogP contribution in [0, 0.1) is 5.92 Å². The van der Waals surface area contributed by atoms with Crippen molar-refractivity contribution in [2.24, 2.45) is 5.92 Å². The lowest BCUT2D eigenvalue weighted by Gasteiger charge is -2.31. The Morgan fingerprint density at radius 1 is 0.939 bits per heavy atom. The molecule has 3 unspecified atom stereocenters. The second-order valence-electron chi connectivity index (χ2n) is 13.5. The zero-order valence-corrected chi connectivity index (χ0v) is 28.2. The highest BCUT2D eigenvalue weighted by molar-refractivity contribution is 5.87. The van der Waals surface area contributed by atoms with Gasteiger partial charge in [0.25, 0.3) is 0 Å². The Hall–Kier alpha value is -4.44. The monoisotopic (exact) mass is 671 g/mol. The molecule has 3 N–H and O–H groups in total. The predicted octanol–water partition coefficient (Wildman–Crippen LogP) is 5.40. The maximum absolute atomic E-state index is 13.7. The summed E-state index contributed by atoms with van der Waals surface area (Å²) in [6, 6.07) is 14.8. The molecule has 3 amide bonds. The molecule has 2 aliphatic carbocycles. The average molecular weight is 672 g/mol. The summed E-state index contributed by atoms with van der Waals surface area (Å²) in [5.74, 6) is -1.78. The van der Waals surface area contributed by atoms with Crippen molar-refractivity contribution in [1.29, 1.82) is 0 Å². The molecular formula is C39H49N3O7. The fourth-order valence-corrected chi connectivity index (χ4v) is 7.55. The minimum Gasteiger partial charge on any atom is -0.462 e. The number of aliphatic hydroxyl groups is 1. The Labute approximate surface area is 288 Å². The lowest BCUT2D eigenvalue weighted by molar-refractivity contribution is -0.150. The van der Waals surface area contributed by atoms with Gasteiger partial charge in [0.15, 0.2) is 0 Å². The topological polar surface area (TPSA) is 134 Å². The first-order chi connectivity index (χ1) is 23.8. The summed E-state index contributed by atoms with van der Waals surface area (Å²) in [6.45, 7) is 7.99. The summed E-state index contributed by atoms with van der Waals surface area (Å²) in [5.41, 5.74) is 3.82. The molecular weight excluding hydrogens is 622 g/mol.